The number of rotatable bonds is 7. The summed E-state index contributed by atoms with van der Waals surface area (Å²) in [5, 5.41) is 2.71. The predicted octanol–water partition coefficient (Wildman–Crippen LogP) is 5.41. The number of halogens is 2. The zero-order valence-electron chi connectivity index (χ0n) is 22.4. The summed E-state index contributed by atoms with van der Waals surface area (Å²) in [7, 11) is 0. The minimum atomic E-state index is -2.82. The molecule has 0 unspecified atom stereocenters. The number of morpholine rings is 1. The molecule has 0 aliphatic carbocycles. The molecule has 5 rings (SSSR count). The highest BCUT2D eigenvalue weighted by Gasteiger charge is 2.24. The maximum absolute atomic E-state index is 14.1. The third-order valence-electron chi connectivity index (χ3n) is 5.99. The monoisotopic (exact) mass is 552 g/mol. The van der Waals surface area contributed by atoms with Crippen LogP contribution in [-0.2, 0) is 16.0 Å². The van der Waals surface area contributed by atoms with E-state index in [-0.39, 0.29) is 18.4 Å². The Morgan fingerprint density at radius 1 is 1.02 bits per heavy atom. The molecule has 1 saturated heterocycles. The molecule has 0 bridgehead atoms. The first kappa shape index (κ1) is 27.3. The minimum Gasteiger partial charge on any atom is -0.444 e. The van der Waals surface area contributed by atoms with Crippen molar-refractivity contribution in [1.29, 1.82) is 0 Å². The lowest BCUT2D eigenvalue weighted by atomic mass is 10.2. The Morgan fingerprint density at radius 2 is 1.73 bits per heavy atom. The number of fused-ring (bicyclic) bond motifs is 1. The summed E-state index contributed by atoms with van der Waals surface area (Å²) < 4.78 is 46.2. The summed E-state index contributed by atoms with van der Waals surface area (Å²) in [4.78, 5) is 27.2. The first-order valence-corrected chi connectivity index (χ1v) is 12.9. The molecule has 2 aromatic heterocycles. The molecule has 0 atom stereocenters. The molecule has 210 valence electrons. The van der Waals surface area contributed by atoms with E-state index in [4.69, 9.17) is 14.2 Å². The fourth-order valence-corrected chi connectivity index (χ4v) is 4.22. The van der Waals surface area contributed by atoms with Gasteiger partial charge in [-0.15, -0.1) is 0 Å². The van der Waals surface area contributed by atoms with Gasteiger partial charge in [-0.1, -0.05) is 24.3 Å². The largest absolute Gasteiger partial charge is 0.444 e. The highest BCUT2D eigenvalue weighted by molar-refractivity contribution is 5.78. The Kier molecular flexibility index (Phi) is 7.78. The van der Waals surface area contributed by atoms with Gasteiger partial charge in [0.2, 0.25) is 0 Å². The number of ether oxygens (including phenoxy) is 3. The molecule has 10 nitrogen and oxygen atoms in total. The van der Waals surface area contributed by atoms with Crippen LogP contribution in [0.15, 0.2) is 54.6 Å². The molecule has 3 heterocycles. The van der Waals surface area contributed by atoms with Crippen molar-refractivity contribution >= 4 is 22.9 Å². The molecule has 1 fully saturated rings. The Labute approximate surface area is 229 Å². The standard InChI is InChI=1S/C28H30F2N6O4/c1-28(2,3)40-27(37)31-17-18-8-10-19(11-9-18)39-26-33-22(35-12-14-38-15-13-35)16-23(34-26)36-21-7-5-4-6-20(21)32-25(36)24(29)30/h4-11,16,24H,12-15,17H2,1-3H3,(H,31,37). The van der Waals surface area contributed by atoms with E-state index in [1.807, 2.05) is 4.90 Å². The average molecular weight is 553 g/mol. The third kappa shape index (κ3) is 6.45. The van der Waals surface area contributed by atoms with Crippen molar-refractivity contribution in [3.8, 4) is 17.6 Å². The van der Waals surface area contributed by atoms with Gasteiger partial charge in [-0.2, -0.15) is 9.97 Å². The Morgan fingerprint density at radius 3 is 2.42 bits per heavy atom. The van der Waals surface area contributed by atoms with Gasteiger partial charge in [0.15, 0.2) is 5.82 Å². The molecule has 1 N–H and O–H groups in total. The Hall–Kier alpha value is -4.32. The number of hydrogen-bond donors (Lipinski definition) is 1. The number of carbonyl (C=O) groups excluding carboxylic acids is 1. The quantitative estimate of drug-likeness (QED) is 0.325. The van der Waals surface area contributed by atoms with Gasteiger partial charge < -0.3 is 24.4 Å². The second kappa shape index (κ2) is 11.4. The van der Waals surface area contributed by atoms with Crippen LogP contribution in [-0.4, -0.2) is 57.5 Å². The molecule has 1 amide bonds. The molecule has 40 heavy (non-hydrogen) atoms. The first-order valence-electron chi connectivity index (χ1n) is 12.9. The van der Waals surface area contributed by atoms with Crippen molar-refractivity contribution in [2.75, 3.05) is 31.2 Å². The number of para-hydroxylation sites is 2. The van der Waals surface area contributed by atoms with Crippen LogP contribution in [0.2, 0.25) is 0 Å². The number of nitrogens with one attached hydrogen (secondary N) is 1. The van der Waals surface area contributed by atoms with E-state index in [9.17, 15) is 13.6 Å². The van der Waals surface area contributed by atoms with Gasteiger partial charge in [0.05, 0.1) is 24.2 Å². The summed E-state index contributed by atoms with van der Waals surface area (Å²) in [5.74, 6) is 0.768. The molecule has 4 aromatic rings. The Bertz CT molecular complexity index is 1480. The molecule has 2 aromatic carbocycles. The van der Waals surface area contributed by atoms with E-state index in [1.54, 1.807) is 75.4 Å². The number of hydrogen-bond acceptors (Lipinski definition) is 8. The van der Waals surface area contributed by atoms with Crippen LogP contribution in [0.4, 0.5) is 19.4 Å². The van der Waals surface area contributed by atoms with E-state index < -0.39 is 23.9 Å². The van der Waals surface area contributed by atoms with Crippen molar-refractivity contribution in [2.45, 2.75) is 39.3 Å². The van der Waals surface area contributed by atoms with Crippen molar-refractivity contribution < 1.29 is 27.8 Å². The fourth-order valence-electron chi connectivity index (χ4n) is 4.22. The summed E-state index contributed by atoms with van der Waals surface area (Å²) in [6, 6.07) is 15.6. The van der Waals surface area contributed by atoms with Crippen LogP contribution >= 0.6 is 0 Å². The lowest BCUT2D eigenvalue weighted by Crippen LogP contribution is -2.36. The number of benzene rings is 2. The Balaban J connectivity index is 1.43. The van der Waals surface area contributed by atoms with Crippen LogP contribution in [0.3, 0.4) is 0 Å². The second-order valence-electron chi connectivity index (χ2n) is 10.2. The number of anilines is 1. The van der Waals surface area contributed by atoms with E-state index in [2.05, 4.69) is 20.3 Å². The van der Waals surface area contributed by atoms with E-state index >= 15 is 0 Å². The van der Waals surface area contributed by atoms with Gasteiger partial charge in [-0.3, -0.25) is 4.57 Å². The van der Waals surface area contributed by atoms with E-state index in [0.29, 0.717) is 48.9 Å². The van der Waals surface area contributed by atoms with Crippen LogP contribution in [0, 0.1) is 0 Å². The van der Waals surface area contributed by atoms with Gasteiger partial charge in [0.1, 0.15) is 23.0 Å². The normalized spacial score (nSPS) is 14.0. The van der Waals surface area contributed by atoms with E-state index in [0.717, 1.165) is 5.56 Å². The topological polar surface area (TPSA) is 104 Å². The number of amides is 1. The summed E-state index contributed by atoms with van der Waals surface area (Å²) in [6.45, 7) is 7.86. The maximum atomic E-state index is 14.1. The summed E-state index contributed by atoms with van der Waals surface area (Å²) >= 11 is 0. The van der Waals surface area contributed by atoms with Crippen molar-refractivity contribution in [1.82, 2.24) is 24.8 Å². The number of imidazole rings is 1. The highest BCUT2D eigenvalue weighted by atomic mass is 19.3. The van der Waals surface area contributed by atoms with Crippen LogP contribution in [0.5, 0.6) is 11.8 Å². The predicted molar refractivity (Wildman–Crippen MR) is 144 cm³/mol. The number of nitrogens with zero attached hydrogens (tertiary/aromatic N) is 5. The highest BCUT2D eigenvalue weighted by Crippen LogP contribution is 2.30. The third-order valence-corrected chi connectivity index (χ3v) is 5.99. The van der Waals surface area contributed by atoms with Crippen LogP contribution in [0.25, 0.3) is 16.9 Å². The maximum Gasteiger partial charge on any atom is 0.407 e. The molecular formula is C28H30F2N6O4. The molecule has 1 aliphatic heterocycles. The van der Waals surface area contributed by atoms with Gasteiger partial charge in [-0.05, 0) is 50.6 Å². The van der Waals surface area contributed by atoms with Crippen molar-refractivity contribution in [3.63, 3.8) is 0 Å². The van der Waals surface area contributed by atoms with Crippen LogP contribution < -0.4 is 15.0 Å². The molecular weight excluding hydrogens is 522 g/mol. The smallest absolute Gasteiger partial charge is 0.407 e. The first-order chi connectivity index (χ1) is 19.2. The summed E-state index contributed by atoms with van der Waals surface area (Å²) in [6.07, 6.45) is -3.33. The second-order valence-corrected chi connectivity index (χ2v) is 10.2. The average Bonchev–Trinajstić information content (AvgIpc) is 3.32. The van der Waals surface area contributed by atoms with Crippen LogP contribution in [0.1, 0.15) is 38.6 Å². The number of aromatic nitrogens is 4. The molecule has 1 aliphatic rings. The van der Waals surface area contributed by atoms with E-state index in [1.165, 1.54) is 4.57 Å². The number of carbonyl (C=O) groups is 1. The lowest BCUT2D eigenvalue weighted by molar-refractivity contribution is 0.0523. The molecule has 0 spiro atoms. The fraction of sp³-hybridized carbons (Fsp3) is 0.357. The molecule has 12 heteroatoms. The van der Waals surface area contributed by atoms with Gasteiger partial charge >= 0.3 is 12.1 Å². The van der Waals surface area contributed by atoms with Gasteiger partial charge in [0.25, 0.3) is 6.43 Å². The number of alkyl carbamates (subject to hydrolysis) is 1. The molecule has 0 radical (unpaired) electrons. The minimum absolute atomic E-state index is 0.00313. The zero-order valence-corrected chi connectivity index (χ0v) is 22.4. The van der Waals surface area contributed by atoms with Crippen molar-refractivity contribution in [3.05, 3.63) is 66.0 Å². The molecule has 0 saturated carbocycles. The number of alkyl halides is 2. The zero-order chi connectivity index (χ0) is 28.3. The SMILES string of the molecule is CC(C)(C)OC(=O)NCc1ccc(Oc2nc(N3CCOCC3)cc(-n3c(C(F)F)nc4ccccc43)n2)cc1. The lowest BCUT2D eigenvalue weighted by Gasteiger charge is -2.28. The van der Waals surface area contributed by atoms with Crippen molar-refractivity contribution in [2.24, 2.45) is 0 Å². The van der Waals surface area contributed by atoms with Gasteiger partial charge in [0, 0.05) is 25.7 Å². The van der Waals surface area contributed by atoms with Gasteiger partial charge in [-0.25, -0.2) is 18.6 Å². The summed E-state index contributed by atoms with van der Waals surface area (Å²) in [5.41, 5.74) is 1.17.